The van der Waals surface area contributed by atoms with E-state index in [1.165, 1.54) is 69.7 Å². The van der Waals surface area contributed by atoms with Crippen LogP contribution >= 0.6 is 11.3 Å². The summed E-state index contributed by atoms with van der Waals surface area (Å²) in [6, 6.07) is 66.2. The molecule has 312 valence electrons. The summed E-state index contributed by atoms with van der Waals surface area (Å²) in [6.45, 7) is 6.78. The van der Waals surface area contributed by atoms with Gasteiger partial charge < -0.3 is 18.7 Å². The Balaban J connectivity index is 1.07. The molecule has 13 aromatic rings. The number of thiophene rings is 1. The average Bonchev–Trinajstić information content (AvgIpc) is 4.10. The highest BCUT2D eigenvalue weighted by molar-refractivity contribution is 7.25. The summed E-state index contributed by atoms with van der Waals surface area (Å²) in [4.78, 5) is 0. The number of anilines is 2. The molecule has 0 amide bonds. The summed E-state index contributed by atoms with van der Waals surface area (Å²) < 4.78 is 18.7. The second kappa shape index (κ2) is 13.9. The molecular weight excluding hydrogens is 824 g/mol. The molecule has 66 heavy (non-hydrogen) atoms. The summed E-state index contributed by atoms with van der Waals surface area (Å²) in [5.74, 6) is 1.78. The van der Waals surface area contributed by atoms with Gasteiger partial charge in [0.1, 0.15) is 22.7 Å². The first-order valence-electron chi connectivity index (χ1n) is 22.8. The lowest BCUT2D eigenvalue weighted by Gasteiger charge is -2.24. The fourth-order valence-corrected chi connectivity index (χ4v) is 11.9. The molecule has 1 N–H and O–H groups in total. The molecule has 1 aliphatic heterocycles. The average molecular weight is 865 g/mol. The number of rotatable bonds is 5. The number of benzene rings is 9. The van der Waals surface area contributed by atoms with Crippen molar-refractivity contribution in [3.8, 4) is 39.5 Å². The maximum absolute atomic E-state index is 7.01. The minimum Gasteiger partial charge on any atom is -0.456 e. The van der Waals surface area contributed by atoms with Crippen LogP contribution < -0.4 is 16.2 Å². The fourth-order valence-electron chi connectivity index (χ4n) is 10.7. The number of fused-ring (bicyclic) bond motifs is 12. The van der Waals surface area contributed by atoms with Gasteiger partial charge in [-0.2, -0.15) is 0 Å². The van der Waals surface area contributed by atoms with Crippen LogP contribution in [-0.2, 0) is 5.41 Å². The van der Waals surface area contributed by atoms with Gasteiger partial charge in [-0.1, -0.05) is 154 Å². The van der Waals surface area contributed by atoms with E-state index in [1.54, 1.807) is 0 Å². The lowest BCUT2D eigenvalue weighted by molar-refractivity contribution is 0.590. The van der Waals surface area contributed by atoms with Crippen molar-refractivity contribution < 1.29 is 8.83 Å². The van der Waals surface area contributed by atoms with Crippen molar-refractivity contribution in [3.63, 3.8) is 0 Å². The van der Waals surface area contributed by atoms with Crippen molar-refractivity contribution in [2.24, 2.45) is 0 Å². The van der Waals surface area contributed by atoms with Gasteiger partial charge >= 0.3 is 0 Å². The topological polar surface area (TPSA) is 43.2 Å². The lowest BCUT2D eigenvalue weighted by atomic mass is 9.58. The summed E-state index contributed by atoms with van der Waals surface area (Å²) in [5.41, 5.74) is 15.8. The Bertz CT molecular complexity index is 4130. The quantitative estimate of drug-likeness (QED) is 0.175. The van der Waals surface area contributed by atoms with Gasteiger partial charge in [0.15, 0.2) is 7.28 Å². The summed E-state index contributed by atoms with van der Waals surface area (Å²) >= 11 is 1.88. The Morgan fingerprint density at radius 2 is 1.20 bits per heavy atom. The largest absolute Gasteiger partial charge is 0.456 e. The number of hydrogen-bond acceptors (Lipinski definition) is 4. The van der Waals surface area contributed by atoms with E-state index in [1.807, 2.05) is 17.4 Å². The molecule has 6 heteroatoms. The Hall–Kier alpha value is -7.80. The van der Waals surface area contributed by atoms with Crippen molar-refractivity contribution in [2.45, 2.75) is 26.2 Å². The van der Waals surface area contributed by atoms with Gasteiger partial charge in [-0.3, -0.25) is 0 Å². The van der Waals surface area contributed by atoms with E-state index in [9.17, 15) is 0 Å². The van der Waals surface area contributed by atoms with Gasteiger partial charge in [0, 0.05) is 92.1 Å². The summed E-state index contributed by atoms with van der Waals surface area (Å²) in [6.07, 6.45) is 0. The van der Waals surface area contributed by atoms with Crippen molar-refractivity contribution >= 4 is 116 Å². The van der Waals surface area contributed by atoms with Crippen LogP contribution in [0.2, 0.25) is 0 Å². The van der Waals surface area contributed by atoms with E-state index >= 15 is 0 Å². The molecule has 5 heterocycles. The summed E-state index contributed by atoms with van der Waals surface area (Å²) in [7, 11) is 0.746. The zero-order valence-corrected chi connectivity index (χ0v) is 37.5. The predicted octanol–water partition coefficient (Wildman–Crippen LogP) is 15.5. The van der Waals surface area contributed by atoms with Gasteiger partial charge in [-0.05, 0) is 70.5 Å². The van der Waals surface area contributed by atoms with E-state index < -0.39 is 0 Å². The first-order chi connectivity index (χ1) is 32.3. The van der Waals surface area contributed by atoms with Gasteiger partial charge in [0.2, 0.25) is 0 Å². The molecular formula is C60H41BN2O2S. The maximum atomic E-state index is 7.01. The van der Waals surface area contributed by atoms with Gasteiger partial charge in [0.25, 0.3) is 0 Å². The number of furan rings is 2. The minimum absolute atomic E-state index is 0.0545. The fraction of sp³-hybridized carbons (Fsp3) is 0.0667. The Labute approximate surface area is 385 Å². The normalized spacial score (nSPS) is 12.6. The van der Waals surface area contributed by atoms with E-state index in [0.29, 0.717) is 0 Å². The van der Waals surface area contributed by atoms with Crippen LogP contribution in [0.4, 0.5) is 11.4 Å². The SMILES string of the molecule is CC(C)(C)c1ccc(Nc2cc3oc4ccccc4c3cc2-c2ccc3c4cc5sc6ccccc6c5cc4n4c3c2Bc2cc3c(-c5ccccc5)oc(-c5ccccc5)c3cc2-4)cc1. The molecule has 1 aliphatic rings. The van der Waals surface area contributed by atoms with E-state index in [4.69, 9.17) is 8.83 Å². The van der Waals surface area contributed by atoms with Crippen LogP contribution in [0, 0.1) is 0 Å². The lowest BCUT2D eigenvalue weighted by Crippen LogP contribution is -2.37. The van der Waals surface area contributed by atoms with Crippen LogP contribution in [0.3, 0.4) is 0 Å². The van der Waals surface area contributed by atoms with Crippen molar-refractivity contribution in [3.05, 3.63) is 188 Å². The molecule has 0 saturated heterocycles. The first kappa shape index (κ1) is 37.6. The zero-order valence-electron chi connectivity index (χ0n) is 36.7. The zero-order chi connectivity index (χ0) is 43.8. The van der Waals surface area contributed by atoms with Crippen LogP contribution in [0.15, 0.2) is 191 Å². The van der Waals surface area contributed by atoms with Gasteiger partial charge in [-0.25, -0.2) is 0 Å². The molecule has 4 aromatic heterocycles. The Morgan fingerprint density at radius 3 is 1.95 bits per heavy atom. The smallest absolute Gasteiger partial charge is 0.198 e. The summed E-state index contributed by atoms with van der Waals surface area (Å²) in [5, 5.41) is 13.4. The number of aromatic nitrogens is 1. The molecule has 14 rings (SSSR count). The minimum atomic E-state index is 0.0545. The number of nitrogens with one attached hydrogen (secondary N) is 1. The van der Waals surface area contributed by atoms with Crippen molar-refractivity contribution in [1.29, 1.82) is 0 Å². The highest BCUT2D eigenvalue weighted by Crippen LogP contribution is 2.46. The third kappa shape index (κ3) is 5.58. The van der Waals surface area contributed by atoms with Crippen molar-refractivity contribution in [2.75, 3.05) is 5.32 Å². The monoisotopic (exact) mass is 864 g/mol. The molecule has 0 bridgehead atoms. The third-order valence-electron chi connectivity index (χ3n) is 14.0. The number of para-hydroxylation sites is 1. The number of hydrogen-bond donors (Lipinski definition) is 1. The molecule has 0 radical (unpaired) electrons. The highest BCUT2D eigenvalue weighted by atomic mass is 32.1. The second-order valence-electron chi connectivity index (χ2n) is 18.9. The Morgan fingerprint density at radius 1 is 0.500 bits per heavy atom. The highest BCUT2D eigenvalue weighted by Gasteiger charge is 2.30. The van der Waals surface area contributed by atoms with Gasteiger partial charge in [-0.15, -0.1) is 11.3 Å². The molecule has 0 aliphatic carbocycles. The van der Waals surface area contributed by atoms with E-state index in [2.05, 4.69) is 207 Å². The van der Waals surface area contributed by atoms with Crippen LogP contribution in [-0.4, -0.2) is 11.8 Å². The Kier molecular flexibility index (Phi) is 7.89. The standard InChI is InChI=1S/C60H41BN2O2S/c1-60(2,3)36-22-24-37(25-23-36)62-49-33-53-44(38-18-10-12-20-52(38)64-53)28-42(49)40-26-27-41-43-32-55-45(39-19-11-13-21-54(39)66-55)30-50(43)63-51-31-47-46(29-48(51)61-56(40)57(41)63)58(34-14-6-4-7-15-34)65-59(47)35-16-8-5-9-17-35/h4-33,61-62H,1-3H3. The molecule has 0 saturated carbocycles. The maximum Gasteiger partial charge on any atom is 0.198 e. The molecule has 0 spiro atoms. The predicted molar refractivity (Wildman–Crippen MR) is 282 cm³/mol. The second-order valence-corrected chi connectivity index (χ2v) is 20.0. The molecule has 0 unspecified atom stereocenters. The van der Waals surface area contributed by atoms with Crippen molar-refractivity contribution in [1.82, 2.24) is 4.57 Å². The third-order valence-corrected chi connectivity index (χ3v) is 15.1. The van der Waals surface area contributed by atoms with E-state index in [0.717, 1.165) is 79.6 Å². The number of nitrogens with zero attached hydrogens (tertiary/aromatic N) is 1. The molecule has 0 atom stereocenters. The van der Waals surface area contributed by atoms with E-state index in [-0.39, 0.29) is 5.41 Å². The first-order valence-corrected chi connectivity index (χ1v) is 23.6. The van der Waals surface area contributed by atoms with Crippen LogP contribution in [0.1, 0.15) is 26.3 Å². The molecule has 0 fully saturated rings. The molecule has 9 aromatic carbocycles. The van der Waals surface area contributed by atoms with Crippen LogP contribution in [0.5, 0.6) is 0 Å². The van der Waals surface area contributed by atoms with Crippen LogP contribution in [0.25, 0.3) is 114 Å². The molecule has 4 nitrogen and oxygen atoms in total. The van der Waals surface area contributed by atoms with Gasteiger partial charge in [0.05, 0.1) is 11.2 Å².